The average Bonchev–Trinajstić information content (AvgIpc) is 2.67. The van der Waals surface area contributed by atoms with Crippen molar-refractivity contribution in [3.05, 3.63) is 17.8 Å². The molecule has 2 heterocycles. The van der Waals surface area contributed by atoms with E-state index in [9.17, 15) is 0 Å². The third-order valence-corrected chi connectivity index (χ3v) is 3.38. The zero-order chi connectivity index (χ0) is 9.97. The molecule has 0 N–H and O–H groups in total. The van der Waals surface area contributed by atoms with Crippen LogP contribution < -0.4 is 4.90 Å². The molecule has 0 amide bonds. The van der Waals surface area contributed by atoms with Gasteiger partial charge in [-0.2, -0.15) is 5.10 Å². The van der Waals surface area contributed by atoms with E-state index >= 15 is 0 Å². The summed E-state index contributed by atoms with van der Waals surface area (Å²) >= 11 is 3.54. The molecular formula is C10H14BrN3. The van der Waals surface area contributed by atoms with Crippen LogP contribution in [0.15, 0.2) is 12.1 Å². The molecule has 0 spiro atoms. The lowest BCUT2D eigenvalue weighted by molar-refractivity contribution is 0.733. The second kappa shape index (κ2) is 4.26. The van der Waals surface area contributed by atoms with Gasteiger partial charge in [0.2, 0.25) is 0 Å². The fourth-order valence-electron chi connectivity index (χ4n) is 1.84. The van der Waals surface area contributed by atoms with E-state index in [4.69, 9.17) is 0 Å². The first-order chi connectivity index (χ1) is 6.81. The fourth-order valence-corrected chi connectivity index (χ4v) is 2.52. The van der Waals surface area contributed by atoms with Crippen LogP contribution in [0, 0.1) is 6.92 Å². The van der Waals surface area contributed by atoms with Crippen molar-refractivity contribution >= 4 is 21.7 Å². The Morgan fingerprint density at radius 2 is 2.36 bits per heavy atom. The Morgan fingerprint density at radius 1 is 1.50 bits per heavy atom. The maximum Gasteiger partial charge on any atom is 0.151 e. The summed E-state index contributed by atoms with van der Waals surface area (Å²) in [4.78, 5) is 2.33. The third-order valence-electron chi connectivity index (χ3n) is 2.63. The topological polar surface area (TPSA) is 29.0 Å². The summed E-state index contributed by atoms with van der Waals surface area (Å²) in [6.07, 6.45) is 2.51. The lowest BCUT2D eigenvalue weighted by Crippen LogP contribution is -2.31. The highest BCUT2D eigenvalue weighted by atomic mass is 79.9. The van der Waals surface area contributed by atoms with Gasteiger partial charge in [-0.15, -0.1) is 5.10 Å². The summed E-state index contributed by atoms with van der Waals surface area (Å²) in [5, 5.41) is 9.32. The minimum atomic E-state index is 0.590. The van der Waals surface area contributed by atoms with Crippen molar-refractivity contribution in [2.24, 2.45) is 0 Å². The number of aromatic nitrogens is 2. The highest BCUT2D eigenvalue weighted by molar-refractivity contribution is 9.09. The van der Waals surface area contributed by atoms with Crippen molar-refractivity contribution in [1.82, 2.24) is 10.2 Å². The van der Waals surface area contributed by atoms with Gasteiger partial charge in [0.05, 0.1) is 5.69 Å². The summed E-state index contributed by atoms with van der Waals surface area (Å²) in [5.41, 5.74) is 0.975. The highest BCUT2D eigenvalue weighted by Crippen LogP contribution is 2.24. The predicted molar refractivity (Wildman–Crippen MR) is 60.9 cm³/mol. The lowest BCUT2D eigenvalue weighted by atomic mass is 10.2. The van der Waals surface area contributed by atoms with Gasteiger partial charge in [0, 0.05) is 17.9 Å². The van der Waals surface area contributed by atoms with Gasteiger partial charge < -0.3 is 4.90 Å². The largest absolute Gasteiger partial charge is 0.351 e. The molecule has 4 heteroatoms. The van der Waals surface area contributed by atoms with Crippen LogP contribution in [-0.4, -0.2) is 28.1 Å². The Hall–Kier alpha value is -0.640. The Kier molecular flexibility index (Phi) is 3.01. The van der Waals surface area contributed by atoms with Crippen LogP contribution in [0.4, 0.5) is 5.82 Å². The van der Waals surface area contributed by atoms with Crippen molar-refractivity contribution in [2.75, 3.05) is 16.8 Å². The van der Waals surface area contributed by atoms with E-state index in [1.54, 1.807) is 0 Å². The Morgan fingerprint density at radius 3 is 3.00 bits per heavy atom. The zero-order valence-electron chi connectivity index (χ0n) is 8.28. The van der Waals surface area contributed by atoms with Gasteiger partial charge in [0.15, 0.2) is 5.82 Å². The van der Waals surface area contributed by atoms with Crippen LogP contribution in [0.25, 0.3) is 0 Å². The molecule has 1 aliphatic heterocycles. The second-order valence-electron chi connectivity index (χ2n) is 3.68. The first-order valence-electron chi connectivity index (χ1n) is 4.94. The van der Waals surface area contributed by atoms with Gasteiger partial charge in [-0.05, 0) is 31.9 Å². The highest BCUT2D eigenvalue weighted by Gasteiger charge is 2.24. The van der Waals surface area contributed by atoms with Crippen molar-refractivity contribution < 1.29 is 0 Å². The molecule has 0 radical (unpaired) electrons. The van der Waals surface area contributed by atoms with Gasteiger partial charge in [-0.25, -0.2) is 0 Å². The van der Waals surface area contributed by atoms with E-state index < -0.39 is 0 Å². The number of rotatable bonds is 2. The minimum Gasteiger partial charge on any atom is -0.351 e. The molecule has 1 aromatic heterocycles. The van der Waals surface area contributed by atoms with Gasteiger partial charge >= 0.3 is 0 Å². The van der Waals surface area contributed by atoms with E-state index in [0.717, 1.165) is 23.4 Å². The van der Waals surface area contributed by atoms with Crippen LogP contribution in [-0.2, 0) is 0 Å². The van der Waals surface area contributed by atoms with Crippen molar-refractivity contribution in [3.63, 3.8) is 0 Å². The Bertz CT molecular complexity index is 299. The number of aryl methyl sites for hydroxylation is 1. The summed E-state index contributed by atoms with van der Waals surface area (Å²) in [5.74, 6) is 1.01. The SMILES string of the molecule is Cc1ccc(N2CCCC2CBr)nn1. The number of alkyl halides is 1. The smallest absolute Gasteiger partial charge is 0.151 e. The Labute approximate surface area is 92.7 Å². The van der Waals surface area contributed by atoms with Crippen molar-refractivity contribution in [3.8, 4) is 0 Å². The molecule has 14 heavy (non-hydrogen) atoms. The number of hydrogen-bond donors (Lipinski definition) is 0. The summed E-state index contributed by atoms with van der Waals surface area (Å²) < 4.78 is 0. The molecule has 1 aromatic rings. The van der Waals surface area contributed by atoms with Gasteiger partial charge in [0.25, 0.3) is 0 Å². The first kappa shape index (κ1) is 9.90. The van der Waals surface area contributed by atoms with Crippen LogP contribution in [0.2, 0.25) is 0 Å². The van der Waals surface area contributed by atoms with E-state index in [-0.39, 0.29) is 0 Å². The number of halogens is 1. The summed E-state index contributed by atoms with van der Waals surface area (Å²) in [7, 11) is 0. The number of nitrogens with zero attached hydrogens (tertiary/aromatic N) is 3. The molecule has 1 unspecified atom stereocenters. The maximum atomic E-state index is 4.21. The number of anilines is 1. The molecule has 3 nitrogen and oxygen atoms in total. The third kappa shape index (κ3) is 1.90. The molecule has 1 fully saturated rings. The molecule has 0 aliphatic carbocycles. The first-order valence-corrected chi connectivity index (χ1v) is 6.06. The van der Waals surface area contributed by atoms with Crippen molar-refractivity contribution in [1.29, 1.82) is 0 Å². The van der Waals surface area contributed by atoms with Gasteiger partial charge in [-0.3, -0.25) is 0 Å². The molecule has 76 valence electrons. The molecule has 0 bridgehead atoms. The molecule has 0 saturated carbocycles. The van der Waals surface area contributed by atoms with Gasteiger partial charge in [0.1, 0.15) is 0 Å². The maximum absolute atomic E-state index is 4.21. The average molecular weight is 256 g/mol. The van der Waals surface area contributed by atoms with E-state index in [1.165, 1.54) is 12.8 Å². The number of hydrogen-bond acceptors (Lipinski definition) is 3. The Balaban J connectivity index is 2.17. The molecule has 1 saturated heterocycles. The minimum absolute atomic E-state index is 0.590. The van der Waals surface area contributed by atoms with Crippen LogP contribution in [0.3, 0.4) is 0 Å². The fraction of sp³-hybridized carbons (Fsp3) is 0.600. The second-order valence-corrected chi connectivity index (χ2v) is 4.32. The van der Waals surface area contributed by atoms with Crippen LogP contribution in [0.5, 0.6) is 0 Å². The molecule has 1 atom stereocenters. The van der Waals surface area contributed by atoms with Crippen LogP contribution >= 0.6 is 15.9 Å². The zero-order valence-corrected chi connectivity index (χ0v) is 9.87. The lowest BCUT2D eigenvalue weighted by Gasteiger charge is -2.23. The predicted octanol–water partition coefficient (Wildman–Crippen LogP) is 2.15. The van der Waals surface area contributed by atoms with Crippen molar-refractivity contribution in [2.45, 2.75) is 25.8 Å². The van der Waals surface area contributed by atoms with E-state index in [0.29, 0.717) is 6.04 Å². The summed E-state index contributed by atoms with van der Waals surface area (Å²) in [6.45, 7) is 3.07. The quantitative estimate of drug-likeness (QED) is 0.759. The molecular weight excluding hydrogens is 242 g/mol. The normalized spacial score (nSPS) is 21.6. The molecule has 1 aliphatic rings. The molecule has 0 aromatic carbocycles. The monoisotopic (exact) mass is 255 g/mol. The van der Waals surface area contributed by atoms with E-state index in [2.05, 4.69) is 37.1 Å². The summed E-state index contributed by atoms with van der Waals surface area (Å²) in [6, 6.07) is 4.67. The van der Waals surface area contributed by atoms with Crippen LogP contribution in [0.1, 0.15) is 18.5 Å². The molecule has 2 rings (SSSR count). The van der Waals surface area contributed by atoms with E-state index in [1.807, 2.05) is 13.0 Å². The standard InChI is InChI=1S/C10H14BrN3/c1-8-4-5-10(13-12-8)14-6-2-3-9(14)7-11/h4-5,9H,2-3,6-7H2,1H3. The van der Waals surface area contributed by atoms with Gasteiger partial charge in [-0.1, -0.05) is 15.9 Å².